The van der Waals surface area contributed by atoms with Crippen molar-refractivity contribution in [2.45, 2.75) is 22.8 Å². The fourth-order valence-electron chi connectivity index (χ4n) is 1.61. The predicted molar refractivity (Wildman–Crippen MR) is 76.3 cm³/mol. The van der Waals surface area contributed by atoms with Crippen molar-refractivity contribution < 1.29 is 0 Å². The number of nitrogens with zero attached hydrogens (tertiary/aromatic N) is 2. The minimum atomic E-state index is 0.306. The van der Waals surface area contributed by atoms with E-state index < -0.39 is 0 Å². The predicted octanol–water partition coefficient (Wildman–Crippen LogP) is 3.51. The van der Waals surface area contributed by atoms with Crippen LogP contribution in [-0.2, 0) is 7.05 Å². The van der Waals surface area contributed by atoms with Crippen LogP contribution in [0.2, 0.25) is 5.02 Å². The highest BCUT2D eigenvalue weighted by molar-refractivity contribution is 7.99. The van der Waals surface area contributed by atoms with E-state index in [2.05, 4.69) is 29.5 Å². The second kappa shape index (κ2) is 5.78. The molecule has 1 atom stereocenters. The summed E-state index contributed by atoms with van der Waals surface area (Å²) in [4.78, 5) is 2.14. The van der Waals surface area contributed by atoms with Crippen LogP contribution in [0.5, 0.6) is 0 Å². The van der Waals surface area contributed by atoms with Crippen molar-refractivity contribution in [1.82, 2.24) is 15.1 Å². The number of aromatic nitrogens is 2. The SMILES string of the molecule is CNC(C)c1ccc(Sc2cnn(C)c2)c(Cl)c1. The van der Waals surface area contributed by atoms with Gasteiger partial charge in [-0.2, -0.15) is 5.10 Å². The molecule has 0 aliphatic carbocycles. The third-order valence-corrected chi connectivity index (χ3v) is 4.25. The first-order chi connectivity index (χ1) is 8.60. The molecule has 0 aliphatic rings. The van der Waals surface area contributed by atoms with Gasteiger partial charge >= 0.3 is 0 Å². The van der Waals surface area contributed by atoms with Crippen molar-refractivity contribution in [3.05, 3.63) is 41.2 Å². The summed E-state index contributed by atoms with van der Waals surface area (Å²) in [5.74, 6) is 0. The van der Waals surface area contributed by atoms with E-state index in [0.29, 0.717) is 6.04 Å². The van der Waals surface area contributed by atoms with Crippen molar-refractivity contribution in [1.29, 1.82) is 0 Å². The van der Waals surface area contributed by atoms with Gasteiger partial charge in [-0.25, -0.2) is 0 Å². The van der Waals surface area contributed by atoms with Crippen LogP contribution in [0.4, 0.5) is 0 Å². The van der Waals surface area contributed by atoms with Crippen molar-refractivity contribution in [2.24, 2.45) is 7.05 Å². The minimum Gasteiger partial charge on any atom is -0.313 e. The van der Waals surface area contributed by atoms with E-state index in [0.717, 1.165) is 14.8 Å². The fraction of sp³-hybridized carbons (Fsp3) is 0.308. The number of halogens is 1. The summed E-state index contributed by atoms with van der Waals surface area (Å²) in [6.07, 6.45) is 3.82. The highest BCUT2D eigenvalue weighted by atomic mass is 35.5. The lowest BCUT2D eigenvalue weighted by Gasteiger charge is -2.12. The highest BCUT2D eigenvalue weighted by Crippen LogP contribution is 2.34. The fourth-order valence-corrected chi connectivity index (χ4v) is 2.77. The smallest absolute Gasteiger partial charge is 0.0629 e. The second-order valence-electron chi connectivity index (χ2n) is 4.15. The average Bonchev–Trinajstić information content (AvgIpc) is 2.76. The normalized spacial score (nSPS) is 12.7. The molecule has 0 amide bonds. The van der Waals surface area contributed by atoms with Gasteiger partial charge in [0, 0.05) is 24.2 Å². The minimum absolute atomic E-state index is 0.306. The van der Waals surface area contributed by atoms with Crippen LogP contribution in [-0.4, -0.2) is 16.8 Å². The highest BCUT2D eigenvalue weighted by Gasteiger charge is 2.08. The van der Waals surface area contributed by atoms with Crippen LogP contribution < -0.4 is 5.32 Å². The van der Waals surface area contributed by atoms with E-state index in [1.54, 1.807) is 16.4 Å². The van der Waals surface area contributed by atoms with Crippen LogP contribution in [0.1, 0.15) is 18.5 Å². The summed E-state index contributed by atoms with van der Waals surface area (Å²) in [6.45, 7) is 2.11. The first kappa shape index (κ1) is 13.5. The Morgan fingerprint density at radius 2 is 2.22 bits per heavy atom. The second-order valence-corrected chi connectivity index (χ2v) is 5.67. The van der Waals surface area contributed by atoms with Gasteiger partial charge in [-0.3, -0.25) is 4.68 Å². The lowest BCUT2D eigenvalue weighted by molar-refractivity contribution is 0.652. The maximum absolute atomic E-state index is 6.31. The van der Waals surface area contributed by atoms with Gasteiger partial charge in [0.2, 0.25) is 0 Å². The Labute approximate surface area is 117 Å². The Bertz CT molecular complexity index is 539. The van der Waals surface area contributed by atoms with Crippen LogP contribution in [0.15, 0.2) is 40.4 Å². The van der Waals surface area contributed by atoms with Gasteiger partial charge in [-0.05, 0) is 31.7 Å². The van der Waals surface area contributed by atoms with E-state index in [4.69, 9.17) is 11.6 Å². The Hall–Kier alpha value is -0.970. The van der Waals surface area contributed by atoms with Gasteiger partial charge < -0.3 is 5.32 Å². The van der Waals surface area contributed by atoms with Crippen LogP contribution in [0, 0.1) is 0 Å². The topological polar surface area (TPSA) is 29.9 Å². The Kier molecular flexibility index (Phi) is 4.32. The first-order valence-corrected chi connectivity index (χ1v) is 6.93. The molecule has 1 N–H and O–H groups in total. The number of nitrogens with one attached hydrogen (secondary N) is 1. The Balaban J connectivity index is 2.19. The van der Waals surface area contributed by atoms with Gasteiger partial charge in [0.15, 0.2) is 0 Å². The molecule has 0 fully saturated rings. The van der Waals surface area contributed by atoms with Gasteiger partial charge in [-0.1, -0.05) is 29.4 Å². The van der Waals surface area contributed by atoms with Gasteiger partial charge in [0.05, 0.1) is 16.1 Å². The lowest BCUT2D eigenvalue weighted by atomic mass is 10.1. The molecule has 1 aromatic heterocycles. The number of hydrogen-bond donors (Lipinski definition) is 1. The third-order valence-electron chi connectivity index (χ3n) is 2.80. The zero-order valence-corrected chi connectivity index (χ0v) is 12.2. The molecule has 0 saturated heterocycles. The third kappa shape index (κ3) is 3.07. The summed E-state index contributed by atoms with van der Waals surface area (Å²) in [6, 6.07) is 6.48. The Morgan fingerprint density at radius 3 is 2.78 bits per heavy atom. The van der Waals surface area contributed by atoms with Gasteiger partial charge in [0.25, 0.3) is 0 Å². The largest absolute Gasteiger partial charge is 0.313 e. The first-order valence-electron chi connectivity index (χ1n) is 5.73. The molecule has 1 aromatic carbocycles. The van der Waals surface area contributed by atoms with Crippen LogP contribution >= 0.6 is 23.4 Å². The summed E-state index contributed by atoms with van der Waals surface area (Å²) in [7, 11) is 3.85. The quantitative estimate of drug-likeness (QED) is 0.930. The molecule has 0 bridgehead atoms. The molecule has 96 valence electrons. The van der Waals surface area contributed by atoms with Gasteiger partial charge in [0.1, 0.15) is 0 Å². The molecular formula is C13H16ClN3S. The monoisotopic (exact) mass is 281 g/mol. The summed E-state index contributed by atoms with van der Waals surface area (Å²) in [5.41, 5.74) is 1.19. The molecular weight excluding hydrogens is 266 g/mol. The van der Waals surface area contributed by atoms with Crippen molar-refractivity contribution in [3.63, 3.8) is 0 Å². The zero-order chi connectivity index (χ0) is 13.1. The molecule has 1 unspecified atom stereocenters. The average molecular weight is 282 g/mol. The Morgan fingerprint density at radius 1 is 1.44 bits per heavy atom. The molecule has 5 heteroatoms. The number of hydrogen-bond acceptors (Lipinski definition) is 3. The molecule has 0 spiro atoms. The van der Waals surface area contributed by atoms with Crippen LogP contribution in [0.3, 0.4) is 0 Å². The van der Waals surface area contributed by atoms with E-state index in [-0.39, 0.29) is 0 Å². The maximum Gasteiger partial charge on any atom is 0.0629 e. The van der Waals surface area contributed by atoms with Crippen molar-refractivity contribution in [2.75, 3.05) is 7.05 Å². The van der Waals surface area contributed by atoms with E-state index >= 15 is 0 Å². The maximum atomic E-state index is 6.31. The molecule has 1 heterocycles. The molecule has 2 rings (SSSR count). The summed E-state index contributed by atoms with van der Waals surface area (Å²) in [5, 5.41) is 8.13. The molecule has 2 aromatic rings. The van der Waals surface area contributed by atoms with E-state index in [1.165, 1.54) is 5.56 Å². The van der Waals surface area contributed by atoms with Crippen LogP contribution in [0.25, 0.3) is 0 Å². The molecule has 18 heavy (non-hydrogen) atoms. The van der Waals surface area contributed by atoms with Crippen molar-refractivity contribution in [3.8, 4) is 0 Å². The number of benzene rings is 1. The van der Waals surface area contributed by atoms with Crippen molar-refractivity contribution >= 4 is 23.4 Å². The number of aryl methyl sites for hydroxylation is 1. The molecule has 0 aliphatic heterocycles. The van der Waals surface area contributed by atoms with E-state index in [1.807, 2.05) is 32.6 Å². The number of rotatable bonds is 4. The standard InChI is InChI=1S/C13H16ClN3S/c1-9(15-2)10-4-5-13(12(14)6-10)18-11-7-16-17(3)8-11/h4-9,15H,1-3H3. The summed E-state index contributed by atoms with van der Waals surface area (Å²) < 4.78 is 1.79. The molecule has 3 nitrogen and oxygen atoms in total. The van der Waals surface area contributed by atoms with E-state index in [9.17, 15) is 0 Å². The molecule has 0 saturated carbocycles. The summed E-state index contributed by atoms with van der Waals surface area (Å²) >= 11 is 7.94. The zero-order valence-electron chi connectivity index (χ0n) is 10.6. The van der Waals surface area contributed by atoms with Gasteiger partial charge in [-0.15, -0.1) is 0 Å². The molecule has 0 radical (unpaired) electrons. The lowest BCUT2D eigenvalue weighted by Crippen LogP contribution is -2.12.